The van der Waals surface area contributed by atoms with Gasteiger partial charge in [-0.3, -0.25) is 9.59 Å². The highest BCUT2D eigenvalue weighted by Crippen LogP contribution is 2.39. The van der Waals surface area contributed by atoms with Crippen LogP contribution >= 0.6 is 0 Å². The van der Waals surface area contributed by atoms with E-state index in [0.29, 0.717) is 6.42 Å². The molecular weight excluding hydrogens is 262 g/mol. The summed E-state index contributed by atoms with van der Waals surface area (Å²) in [5.41, 5.74) is 1.81. The van der Waals surface area contributed by atoms with Crippen molar-refractivity contribution in [3.05, 3.63) is 47.5 Å². The third-order valence-electron chi connectivity index (χ3n) is 4.50. The number of ketones is 1. The molecule has 3 nitrogen and oxygen atoms in total. The van der Waals surface area contributed by atoms with Crippen molar-refractivity contribution < 1.29 is 9.59 Å². The lowest BCUT2D eigenvalue weighted by atomic mass is 9.73. The first-order chi connectivity index (χ1) is 10.0. The van der Waals surface area contributed by atoms with Gasteiger partial charge < -0.3 is 4.90 Å². The van der Waals surface area contributed by atoms with Gasteiger partial charge in [0.05, 0.1) is 5.92 Å². The summed E-state index contributed by atoms with van der Waals surface area (Å²) in [6.07, 6.45) is 0.305. The molecule has 0 saturated carbocycles. The van der Waals surface area contributed by atoms with Crippen molar-refractivity contribution in [2.24, 2.45) is 5.92 Å². The van der Waals surface area contributed by atoms with Crippen LogP contribution in [0.2, 0.25) is 0 Å². The Labute approximate surface area is 124 Å². The first kappa shape index (κ1) is 13.8. The quantitative estimate of drug-likeness (QED) is 0.804. The van der Waals surface area contributed by atoms with Crippen molar-refractivity contribution in [2.45, 2.75) is 19.3 Å². The fraction of sp³-hybridized carbons (Fsp3) is 0.333. The van der Waals surface area contributed by atoms with Gasteiger partial charge in [-0.1, -0.05) is 43.3 Å². The summed E-state index contributed by atoms with van der Waals surface area (Å²) < 4.78 is 0. The van der Waals surface area contributed by atoms with Crippen LogP contribution in [0.25, 0.3) is 10.8 Å². The lowest BCUT2D eigenvalue weighted by Gasteiger charge is -2.31. The third-order valence-corrected chi connectivity index (χ3v) is 4.50. The number of rotatable bonds is 1. The molecular formula is C18H19NO2. The Morgan fingerprint density at radius 2 is 1.86 bits per heavy atom. The number of hydrogen-bond acceptors (Lipinski definition) is 2. The number of hydrogen-bond donors (Lipinski definition) is 0. The Balaban J connectivity index is 2.16. The Morgan fingerprint density at radius 3 is 2.57 bits per heavy atom. The zero-order valence-electron chi connectivity index (χ0n) is 12.6. The van der Waals surface area contributed by atoms with Gasteiger partial charge in [0.15, 0.2) is 5.78 Å². The molecule has 0 saturated heterocycles. The number of nitrogens with zero attached hydrogens (tertiary/aromatic N) is 1. The van der Waals surface area contributed by atoms with Crippen LogP contribution in [0.5, 0.6) is 0 Å². The lowest BCUT2D eigenvalue weighted by molar-refractivity contribution is -0.133. The number of carbonyl (C=O) groups is 2. The lowest BCUT2D eigenvalue weighted by Crippen LogP contribution is -2.37. The molecule has 3 heteroatoms. The Bertz CT molecular complexity index is 733. The zero-order valence-corrected chi connectivity index (χ0v) is 12.6. The van der Waals surface area contributed by atoms with Crippen molar-refractivity contribution in [1.29, 1.82) is 0 Å². The maximum Gasteiger partial charge on any atom is 0.226 e. The van der Waals surface area contributed by atoms with Crippen LogP contribution in [0.4, 0.5) is 0 Å². The van der Waals surface area contributed by atoms with Crippen molar-refractivity contribution in [1.82, 2.24) is 4.90 Å². The van der Waals surface area contributed by atoms with Gasteiger partial charge in [-0.25, -0.2) is 0 Å². The van der Waals surface area contributed by atoms with Gasteiger partial charge in [0, 0.05) is 26.1 Å². The first-order valence-electron chi connectivity index (χ1n) is 7.26. The molecule has 1 aliphatic carbocycles. The van der Waals surface area contributed by atoms with Gasteiger partial charge >= 0.3 is 0 Å². The van der Waals surface area contributed by atoms with Crippen LogP contribution in [0, 0.1) is 5.92 Å². The number of fused-ring (bicyclic) bond motifs is 3. The molecule has 21 heavy (non-hydrogen) atoms. The van der Waals surface area contributed by atoms with Crippen LogP contribution in [0.15, 0.2) is 36.4 Å². The van der Waals surface area contributed by atoms with Crippen molar-refractivity contribution in [3.63, 3.8) is 0 Å². The van der Waals surface area contributed by atoms with Crippen LogP contribution in [-0.2, 0) is 4.79 Å². The molecule has 0 heterocycles. The van der Waals surface area contributed by atoms with E-state index in [0.717, 1.165) is 21.9 Å². The van der Waals surface area contributed by atoms with Crippen LogP contribution in [0.1, 0.15) is 35.2 Å². The Kier molecular flexibility index (Phi) is 3.28. The average Bonchev–Trinajstić information content (AvgIpc) is 2.49. The Hall–Kier alpha value is -2.16. The van der Waals surface area contributed by atoms with E-state index in [2.05, 4.69) is 0 Å². The van der Waals surface area contributed by atoms with Gasteiger partial charge in [-0.15, -0.1) is 0 Å². The molecule has 1 aliphatic rings. The molecule has 0 fully saturated rings. The van der Waals surface area contributed by atoms with Gasteiger partial charge in [0.2, 0.25) is 5.91 Å². The maximum atomic E-state index is 12.6. The zero-order chi connectivity index (χ0) is 15.1. The fourth-order valence-electron chi connectivity index (χ4n) is 3.31. The van der Waals surface area contributed by atoms with Gasteiger partial charge in [-0.05, 0) is 22.3 Å². The molecule has 0 spiro atoms. The number of amides is 1. The molecule has 0 bridgehead atoms. The molecule has 108 valence electrons. The fourth-order valence-corrected chi connectivity index (χ4v) is 3.31. The molecule has 3 rings (SSSR count). The van der Waals surface area contributed by atoms with Crippen LogP contribution in [-0.4, -0.2) is 30.7 Å². The van der Waals surface area contributed by atoms with E-state index in [1.165, 1.54) is 0 Å². The van der Waals surface area contributed by atoms with Crippen molar-refractivity contribution >= 4 is 22.5 Å². The Morgan fingerprint density at radius 1 is 1.14 bits per heavy atom. The van der Waals surface area contributed by atoms with Gasteiger partial charge in [0.1, 0.15) is 0 Å². The smallest absolute Gasteiger partial charge is 0.226 e. The number of carbonyl (C=O) groups excluding carboxylic acids is 2. The van der Waals surface area contributed by atoms with E-state index in [9.17, 15) is 9.59 Å². The maximum absolute atomic E-state index is 12.6. The second-order valence-electron chi connectivity index (χ2n) is 6.01. The van der Waals surface area contributed by atoms with E-state index >= 15 is 0 Å². The van der Waals surface area contributed by atoms with E-state index < -0.39 is 0 Å². The molecule has 0 aromatic heterocycles. The second-order valence-corrected chi connectivity index (χ2v) is 6.01. The van der Waals surface area contributed by atoms with Gasteiger partial charge in [0.25, 0.3) is 0 Å². The summed E-state index contributed by atoms with van der Waals surface area (Å²) in [7, 11) is 3.49. The van der Waals surface area contributed by atoms with E-state index in [4.69, 9.17) is 0 Å². The van der Waals surface area contributed by atoms with Crippen LogP contribution < -0.4 is 0 Å². The number of Topliss-reactive ketones (excluding diaryl/α,β-unsaturated/α-hetero) is 1. The van der Waals surface area contributed by atoms with Gasteiger partial charge in [-0.2, -0.15) is 0 Å². The summed E-state index contributed by atoms with van der Waals surface area (Å²) >= 11 is 0. The van der Waals surface area contributed by atoms with E-state index in [-0.39, 0.29) is 23.5 Å². The van der Waals surface area contributed by atoms with Crippen LogP contribution in [0.3, 0.4) is 0 Å². The van der Waals surface area contributed by atoms with Crippen molar-refractivity contribution in [3.8, 4) is 0 Å². The minimum Gasteiger partial charge on any atom is -0.349 e. The molecule has 2 aromatic rings. The first-order valence-corrected chi connectivity index (χ1v) is 7.26. The largest absolute Gasteiger partial charge is 0.349 e. The molecule has 2 atom stereocenters. The standard InChI is InChI=1S/C18H19NO2/c1-11-13-9-8-12-6-4-5-7-14(12)17(13)16(20)10-15(11)18(21)19(2)3/h4-9,11,15H,10H2,1-3H3/t11-,15-/m0/s1. The SMILES string of the molecule is C[C@H]1c2ccc3ccccc3c2C(=O)C[C@@H]1C(=O)N(C)C. The minimum atomic E-state index is -0.249. The van der Waals surface area contributed by atoms with E-state index in [1.54, 1.807) is 19.0 Å². The van der Waals surface area contributed by atoms with Crippen molar-refractivity contribution in [2.75, 3.05) is 14.1 Å². The molecule has 0 N–H and O–H groups in total. The molecule has 0 radical (unpaired) electrons. The molecule has 0 aliphatic heterocycles. The third kappa shape index (κ3) is 2.13. The summed E-state index contributed by atoms with van der Waals surface area (Å²) in [4.78, 5) is 26.5. The normalized spacial score (nSPS) is 21.2. The molecule has 1 amide bonds. The summed E-state index contributed by atoms with van der Waals surface area (Å²) in [6.45, 7) is 2.05. The summed E-state index contributed by atoms with van der Waals surface area (Å²) in [5.74, 6) is -0.0619. The molecule has 0 unspecified atom stereocenters. The summed E-state index contributed by atoms with van der Waals surface area (Å²) in [6, 6.07) is 12.0. The predicted molar refractivity (Wildman–Crippen MR) is 83.5 cm³/mol. The second kappa shape index (κ2) is 4.99. The predicted octanol–water partition coefficient (Wildman–Crippen LogP) is 3.23. The van der Waals surface area contributed by atoms with E-state index in [1.807, 2.05) is 43.3 Å². The highest BCUT2D eigenvalue weighted by atomic mass is 16.2. The molecule has 2 aromatic carbocycles. The highest BCUT2D eigenvalue weighted by molar-refractivity contribution is 6.11. The average molecular weight is 281 g/mol. The monoisotopic (exact) mass is 281 g/mol. The summed E-state index contributed by atoms with van der Waals surface area (Å²) in [5, 5.41) is 2.08. The topological polar surface area (TPSA) is 37.4 Å². The highest BCUT2D eigenvalue weighted by Gasteiger charge is 2.37. The number of benzene rings is 2. The minimum absolute atomic E-state index is 0.0367.